The fourth-order valence-electron chi connectivity index (χ4n) is 7.28. The summed E-state index contributed by atoms with van der Waals surface area (Å²) in [5, 5.41) is 7.35. The molecule has 0 fully saturated rings. The number of fused-ring (bicyclic) bond motifs is 4. The van der Waals surface area contributed by atoms with E-state index in [0.29, 0.717) is 0 Å². The van der Waals surface area contributed by atoms with Crippen LogP contribution in [0.3, 0.4) is 0 Å². The second-order valence-electron chi connectivity index (χ2n) is 12.1. The lowest BCUT2D eigenvalue weighted by Crippen LogP contribution is -2.27. The maximum atomic E-state index is 6.05. The zero-order chi connectivity index (χ0) is 31.2. The molecule has 222 valence electrons. The third-order valence-electron chi connectivity index (χ3n) is 9.42. The highest BCUT2D eigenvalue weighted by Crippen LogP contribution is 2.37. The van der Waals surface area contributed by atoms with Crippen molar-refractivity contribution in [3.63, 3.8) is 0 Å². The van der Waals surface area contributed by atoms with E-state index in [0.717, 1.165) is 34.3 Å². The maximum absolute atomic E-state index is 6.05. The van der Waals surface area contributed by atoms with E-state index in [1.54, 1.807) is 0 Å². The summed E-state index contributed by atoms with van der Waals surface area (Å²) in [6.45, 7) is 4.27. The van der Waals surface area contributed by atoms with Gasteiger partial charge in [0.25, 0.3) is 0 Å². The number of benzene rings is 4. The van der Waals surface area contributed by atoms with Crippen molar-refractivity contribution in [1.82, 2.24) is 14.5 Å². The fraction of sp³-hybridized carbons (Fsp3) is 0.116. The summed E-state index contributed by atoms with van der Waals surface area (Å²) >= 11 is 0. The Morgan fingerprint density at radius 2 is 1.50 bits per heavy atom. The first kappa shape index (κ1) is 27.8. The Balaban J connectivity index is 1.20. The van der Waals surface area contributed by atoms with Crippen molar-refractivity contribution < 1.29 is 0 Å². The van der Waals surface area contributed by atoms with Gasteiger partial charge in [-0.15, -0.1) is 6.42 Å². The van der Waals surface area contributed by atoms with Gasteiger partial charge in [-0.3, -0.25) is 0 Å². The molecule has 0 saturated heterocycles. The van der Waals surface area contributed by atoms with Gasteiger partial charge in [0.15, 0.2) is 0 Å². The van der Waals surface area contributed by atoms with Crippen LogP contribution in [0.15, 0.2) is 139 Å². The van der Waals surface area contributed by atoms with Gasteiger partial charge in [-0.2, -0.15) is 0 Å². The van der Waals surface area contributed by atoms with Gasteiger partial charge in [0.05, 0.1) is 27.8 Å². The summed E-state index contributed by atoms with van der Waals surface area (Å²) in [4.78, 5) is 0. The molecule has 3 heteroatoms. The minimum Gasteiger partial charge on any atom is -0.384 e. The lowest BCUT2D eigenvalue weighted by atomic mass is 9.86. The number of para-hydroxylation sites is 3. The average molecular weight is 594 g/mol. The lowest BCUT2D eigenvalue weighted by molar-refractivity contribution is 0.719. The molecule has 0 radical (unpaired) electrons. The van der Waals surface area contributed by atoms with Crippen LogP contribution in [-0.4, -0.2) is 15.2 Å². The predicted octanol–water partition coefficient (Wildman–Crippen LogP) is 10.1. The molecule has 0 spiro atoms. The SMILES string of the molecule is C#Cc1c(/C=C\C)n(-c2cccc(C3=CC(C4C=C(n5c6ccccc6c6ccccc65)C=CC4)=CNC3C)c2)c2ccccc12. The molecule has 46 heavy (non-hydrogen) atoms. The number of dihydropyridines is 1. The number of rotatable bonds is 5. The van der Waals surface area contributed by atoms with E-state index in [2.05, 4.69) is 167 Å². The molecule has 1 aliphatic carbocycles. The molecule has 2 aliphatic rings. The molecule has 0 amide bonds. The van der Waals surface area contributed by atoms with E-state index in [4.69, 9.17) is 6.42 Å². The quantitative estimate of drug-likeness (QED) is 0.197. The van der Waals surface area contributed by atoms with Gasteiger partial charge in [-0.05, 0) is 79.5 Å². The van der Waals surface area contributed by atoms with Gasteiger partial charge >= 0.3 is 0 Å². The highest BCUT2D eigenvalue weighted by molar-refractivity contribution is 6.10. The van der Waals surface area contributed by atoms with Gasteiger partial charge in [-0.1, -0.05) is 97.0 Å². The van der Waals surface area contributed by atoms with Crippen molar-refractivity contribution in [2.75, 3.05) is 0 Å². The molecule has 2 aromatic heterocycles. The van der Waals surface area contributed by atoms with Crippen LogP contribution in [0.25, 0.3) is 55.7 Å². The molecule has 3 heterocycles. The van der Waals surface area contributed by atoms with Crippen LogP contribution in [0, 0.1) is 18.3 Å². The molecule has 2 atom stereocenters. The van der Waals surface area contributed by atoms with Gasteiger partial charge in [-0.25, -0.2) is 0 Å². The molecular weight excluding hydrogens is 558 g/mol. The Kier molecular flexibility index (Phi) is 6.85. The number of hydrogen-bond acceptors (Lipinski definition) is 1. The normalized spacial score (nSPS) is 18.1. The second-order valence-corrected chi connectivity index (χ2v) is 12.1. The smallest absolute Gasteiger partial charge is 0.0621 e. The minimum atomic E-state index is 0.177. The fourth-order valence-corrected chi connectivity index (χ4v) is 7.28. The number of terminal acetylenes is 1. The zero-order valence-corrected chi connectivity index (χ0v) is 26.1. The first-order valence-electron chi connectivity index (χ1n) is 16.0. The Morgan fingerprint density at radius 1 is 0.826 bits per heavy atom. The van der Waals surface area contributed by atoms with Crippen molar-refractivity contribution in [2.45, 2.75) is 26.3 Å². The lowest BCUT2D eigenvalue weighted by Gasteiger charge is -2.27. The van der Waals surface area contributed by atoms with Crippen LogP contribution >= 0.6 is 0 Å². The number of nitrogens with zero attached hydrogens (tertiary/aromatic N) is 2. The summed E-state index contributed by atoms with van der Waals surface area (Å²) in [6.07, 6.45) is 22.8. The highest BCUT2D eigenvalue weighted by Gasteiger charge is 2.23. The molecule has 1 N–H and O–H groups in total. The van der Waals surface area contributed by atoms with E-state index in [1.165, 1.54) is 44.2 Å². The predicted molar refractivity (Wildman–Crippen MR) is 196 cm³/mol. The molecular formula is C43H35N3. The van der Waals surface area contributed by atoms with Crippen molar-refractivity contribution in [1.29, 1.82) is 0 Å². The topological polar surface area (TPSA) is 21.9 Å². The van der Waals surface area contributed by atoms with E-state index in [1.807, 2.05) is 6.92 Å². The number of allylic oxidation sites excluding steroid dienone is 7. The minimum absolute atomic E-state index is 0.177. The summed E-state index contributed by atoms with van der Waals surface area (Å²) in [5.41, 5.74) is 11.6. The number of nitrogens with one attached hydrogen (secondary N) is 1. The largest absolute Gasteiger partial charge is 0.384 e. The van der Waals surface area contributed by atoms with Gasteiger partial charge in [0.1, 0.15) is 0 Å². The number of aromatic nitrogens is 2. The highest BCUT2D eigenvalue weighted by atomic mass is 15.0. The monoisotopic (exact) mass is 593 g/mol. The summed E-state index contributed by atoms with van der Waals surface area (Å²) < 4.78 is 4.70. The third-order valence-corrected chi connectivity index (χ3v) is 9.42. The van der Waals surface area contributed by atoms with Gasteiger partial charge < -0.3 is 14.5 Å². The van der Waals surface area contributed by atoms with Gasteiger partial charge in [0.2, 0.25) is 0 Å². The second kappa shape index (κ2) is 11.3. The van der Waals surface area contributed by atoms with Gasteiger partial charge in [0, 0.05) is 45.7 Å². The van der Waals surface area contributed by atoms with E-state index < -0.39 is 0 Å². The molecule has 8 rings (SSSR count). The Morgan fingerprint density at radius 3 is 2.20 bits per heavy atom. The van der Waals surface area contributed by atoms with Crippen LogP contribution in [0.5, 0.6) is 0 Å². The molecule has 0 saturated carbocycles. The van der Waals surface area contributed by atoms with E-state index >= 15 is 0 Å². The zero-order valence-electron chi connectivity index (χ0n) is 26.1. The van der Waals surface area contributed by atoms with Crippen LogP contribution in [0.2, 0.25) is 0 Å². The van der Waals surface area contributed by atoms with Crippen molar-refractivity contribution in [3.05, 3.63) is 156 Å². The van der Waals surface area contributed by atoms with Crippen molar-refractivity contribution >= 4 is 50.1 Å². The molecule has 0 bridgehead atoms. The first-order valence-corrected chi connectivity index (χ1v) is 16.0. The molecule has 1 aliphatic heterocycles. The Hall–Kier alpha value is -5.72. The average Bonchev–Trinajstić information content (AvgIpc) is 3.61. The standard InChI is InChI=1S/C43H35N3/c1-4-14-40-35(5-2)36-19-6-9-22-41(36)45(40)34-18-13-16-31(26-34)39-27-32(28-44-29(39)3)30-15-12-17-33(25-30)46-42-23-10-7-20-37(42)38-21-8-11-24-43(38)46/h2,4,6-14,16-30,44H,15H2,1,3H3/b14-4-. The molecule has 6 aromatic rings. The van der Waals surface area contributed by atoms with Crippen molar-refractivity contribution in [3.8, 4) is 18.0 Å². The Bertz CT molecular complexity index is 2310. The Labute approximate surface area is 270 Å². The summed E-state index contributed by atoms with van der Waals surface area (Å²) in [5.74, 6) is 3.22. The van der Waals surface area contributed by atoms with Crippen LogP contribution < -0.4 is 5.32 Å². The molecule has 3 nitrogen and oxygen atoms in total. The summed E-state index contributed by atoms with van der Waals surface area (Å²) in [6, 6.07) is 34.8. The molecule has 2 unspecified atom stereocenters. The first-order chi connectivity index (χ1) is 22.7. The van der Waals surface area contributed by atoms with E-state index in [9.17, 15) is 0 Å². The molecule has 4 aromatic carbocycles. The van der Waals surface area contributed by atoms with E-state index in [-0.39, 0.29) is 12.0 Å². The third kappa shape index (κ3) is 4.45. The van der Waals surface area contributed by atoms with Crippen molar-refractivity contribution in [2.24, 2.45) is 5.92 Å². The maximum Gasteiger partial charge on any atom is 0.0621 e. The van der Waals surface area contributed by atoms with Crippen LogP contribution in [0.4, 0.5) is 0 Å². The summed E-state index contributed by atoms with van der Waals surface area (Å²) in [7, 11) is 0. The van der Waals surface area contributed by atoms with Crippen LogP contribution in [-0.2, 0) is 0 Å². The van der Waals surface area contributed by atoms with Crippen LogP contribution in [0.1, 0.15) is 37.1 Å². The number of hydrogen-bond donors (Lipinski definition) is 1.